The van der Waals surface area contributed by atoms with Gasteiger partial charge in [-0.25, -0.2) is 0 Å². The molecule has 0 atom stereocenters. The molecule has 0 bridgehead atoms. The van der Waals surface area contributed by atoms with E-state index in [2.05, 4.69) is 0 Å². The van der Waals surface area contributed by atoms with E-state index in [4.69, 9.17) is 13.0 Å². The molecular formula is HBFO3S. The van der Waals surface area contributed by atoms with Gasteiger partial charge in [0.1, 0.15) is 0 Å². The highest BCUT2D eigenvalue weighted by molar-refractivity contribution is 7.80. The van der Waals surface area contributed by atoms with Gasteiger partial charge in [0.25, 0.3) is 0 Å². The molecule has 0 rings (SSSR count). The van der Waals surface area contributed by atoms with E-state index in [1.165, 1.54) is 0 Å². The molecule has 0 aromatic heterocycles. The molecule has 35 valence electrons. The number of rotatable bonds is 0. The fourth-order valence-corrected chi connectivity index (χ4v) is 0. The van der Waals surface area contributed by atoms with Gasteiger partial charge in [-0.05, 0) is 0 Å². The molecular weight excluding hydrogens is 110 g/mol. The van der Waals surface area contributed by atoms with Gasteiger partial charge in [-0.2, -0.15) is 8.42 Å². The molecule has 0 saturated heterocycles. The molecule has 0 spiro atoms. The van der Waals surface area contributed by atoms with Crippen LogP contribution in [0.15, 0.2) is 0 Å². The Bertz CT molecular complexity index is 94.0. The zero-order chi connectivity index (χ0) is 4.50. The van der Waals surface area contributed by atoms with Crippen LogP contribution in [0.2, 0.25) is 0 Å². The molecule has 0 aromatic carbocycles. The summed E-state index contributed by atoms with van der Waals surface area (Å²) in [5, 5.41) is 0. The molecule has 0 heterocycles. The standard InChI is InChI=1S/B.FHO3S/c;1-5(2,3)4/h;(H,2,3,4). The smallest absolute Gasteiger partial charge is 0.260 e. The summed E-state index contributed by atoms with van der Waals surface area (Å²) in [5.74, 6) is 0. The zero-order valence-electron chi connectivity index (χ0n) is 2.63. The maximum absolute atomic E-state index is 10.2. The third-order valence-corrected chi connectivity index (χ3v) is 0. The summed E-state index contributed by atoms with van der Waals surface area (Å²) in [7, 11) is -5.17. The average Bonchev–Trinajstić information content (AvgIpc) is 0.722. The van der Waals surface area contributed by atoms with E-state index in [0.717, 1.165) is 0 Å². The lowest BCUT2D eigenvalue weighted by molar-refractivity contribution is 0.435. The van der Waals surface area contributed by atoms with Gasteiger partial charge >= 0.3 is 10.5 Å². The average molecular weight is 111 g/mol. The molecule has 3 nitrogen and oxygen atoms in total. The highest BCUT2D eigenvalue weighted by Crippen LogP contribution is 1.74. The van der Waals surface area contributed by atoms with Crippen LogP contribution in [-0.4, -0.2) is 21.4 Å². The predicted molar refractivity (Wildman–Crippen MR) is 18.4 cm³/mol. The molecule has 6 heavy (non-hydrogen) atoms. The Kier molecular flexibility index (Phi) is 3.33. The number of hydrogen-bond donors (Lipinski definition) is 1. The van der Waals surface area contributed by atoms with Crippen molar-refractivity contribution in [1.82, 2.24) is 0 Å². The van der Waals surface area contributed by atoms with Crippen molar-refractivity contribution in [2.24, 2.45) is 0 Å². The van der Waals surface area contributed by atoms with Crippen LogP contribution in [0.25, 0.3) is 0 Å². The van der Waals surface area contributed by atoms with Crippen LogP contribution >= 0.6 is 0 Å². The maximum Gasteiger partial charge on any atom is 0.435 e. The van der Waals surface area contributed by atoms with Crippen LogP contribution in [0.4, 0.5) is 3.89 Å². The van der Waals surface area contributed by atoms with Crippen molar-refractivity contribution in [3.05, 3.63) is 0 Å². The summed E-state index contributed by atoms with van der Waals surface area (Å²) in [5.41, 5.74) is 0. The molecule has 0 aliphatic carbocycles. The molecule has 0 fully saturated rings. The molecule has 3 radical (unpaired) electrons. The van der Waals surface area contributed by atoms with E-state index in [-0.39, 0.29) is 8.41 Å². The Balaban J connectivity index is 0. The Hall–Kier alpha value is -0.0951. The quantitative estimate of drug-likeness (QED) is 0.257. The van der Waals surface area contributed by atoms with Crippen molar-refractivity contribution in [2.75, 3.05) is 0 Å². The lowest BCUT2D eigenvalue weighted by atomic mass is 10.8. The van der Waals surface area contributed by atoms with Crippen molar-refractivity contribution < 1.29 is 16.9 Å². The van der Waals surface area contributed by atoms with E-state index < -0.39 is 10.5 Å². The van der Waals surface area contributed by atoms with Crippen LogP contribution in [0.1, 0.15) is 0 Å². The van der Waals surface area contributed by atoms with Gasteiger partial charge in [0.05, 0.1) is 0 Å². The second-order valence-electron chi connectivity index (χ2n) is 0.412. The third-order valence-electron chi connectivity index (χ3n) is 0. The summed E-state index contributed by atoms with van der Waals surface area (Å²) in [4.78, 5) is 0. The molecule has 0 unspecified atom stereocenters. The van der Waals surface area contributed by atoms with Crippen molar-refractivity contribution in [2.45, 2.75) is 0 Å². The minimum absolute atomic E-state index is 0. The van der Waals surface area contributed by atoms with Crippen molar-refractivity contribution in [1.29, 1.82) is 0 Å². The fourth-order valence-electron chi connectivity index (χ4n) is 0. The summed E-state index contributed by atoms with van der Waals surface area (Å²) in [6, 6.07) is 0. The predicted octanol–water partition coefficient (Wildman–Crippen LogP) is -0.622. The second-order valence-corrected chi connectivity index (χ2v) is 1.24. The number of halogens is 1. The van der Waals surface area contributed by atoms with E-state index >= 15 is 0 Å². The van der Waals surface area contributed by atoms with Crippen molar-refractivity contribution in [3.8, 4) is 0 Å². The molecule has 6 heteroatoms. The van der Waals surface area contributed by atoms with Gasteiger partial charge in [0.15, 0.2) is 0 Å². The second kappa shape index (κ2) is 2.15. The monoisotopic (exact) mass is 111 g/mol. The molecule has 0 amide bonds. The minimum Gasteiger partial charge on any atom is -0.260 e. The Morgan fingerprint density at radius 2 is 1.50 bits per heavy atom. The van der Waals surface area contributed by atoms with Gasteiger partial charge in [-0.15, -0.1) is 0 Å². The van der Waals surface area contributed by atoms with Crippen molar-refractivity contribution in [3.63, 3.8) is 0 Å². The number of hydrogen-bond acceptors (Lipinski definition) is 2. The van der Waals surface area contributed by atoms with Gasteiger partial charge in [0.2, 0.25) is 0 Å². The van der Waals surface area contributed by atoms with Crippen LogP contribution < -0.4 is 0 Å². The first kappa shape index (κ1) is 9.32. The SMILES string of the molecule is O=S(=O)(O)F.[B]. The molecule has 0 saturated carbocycles. The molecule has 1 N–H and O–H groups in total. The Morgan fingerprint density at radius 3 is 1.50 bits per heavy atom. The molecule has 0 aromatic rings. The van der Waals surface area contributed by atoms with Crippen molar-refractivity contribution >= 4 is 18.9 Å². The van der Waals surface area contributed by atoms with E-state index in [1.54, 1.807) is 0 Å². The van der Waals surface area contributed by atoms with Crippen LogP contribution in [0, 0.1) is 0 Å². The summed E-state index contributed by atoms with van der Waals surface area (Å²) in [6.07, 6.45) is 0. The highest BCUT2D eigenvalue weighted by atomic mass is 32.3. The summed E-state index contributed by atoms with van der Waals surface area (Å²) in [6.45, 7) is 0. The van der Waals surface area contributed by atoms with Gasteiger partial charge < -0.3 is 0 Å². The first-order chi connectivity index (χ1) is 2.00. The van der Waals surface area contributed by atoms with E-state index in [9.17, 15) is 3.89 Å². The minimum atomic E-state index is -5.17. The third kappa shape index (κ3) is 3650. The highest BCUT2D eigenvalue weighted by Gasteiger charge is 1.89. The van der Waals surface area contributed by atoms with Crippen LogP contribution in [0.3, 0.4) is 0 Å². The lowest BCUT2D eigenvalue weighted by Gasteiger charge is -1.63. The maximum atomic E-state index is 10.2. The topological polar surface area (TPSA) is 54.4 Å². The van der Waals surface area contributed by atoms with E-state index in [1.807, 2.05) is 0 Å². The van der Waals surface area contributed by atoms with Gasteiger partial charge in [-0.1, -0.05) is 3.89 Å². The first-order valence-electron chi connectivity index (χ1n) is 0.670. The molecule has 0 aliphatic heterocycles. The summed E-state index contributed by atoms with van der Waals surface area (Å²) < 4.78 is 34.1. The van der Waals surface area contributed by atoms with Crippen LogP contribution in [-0.2, 0) is 10.5 Å². The first-order valence-corrected chi connectivity index (χ1v) is 2.01. The van der Waals surface area contributed by atoms with Crippen LogP contribution in [0.5, 0.6) is 0 Å². The zero-order valence-corrected chi connectivity index (χ0v) is 3.44. The van der Waals surface area contributed by atoms with E-state index in [0.29, 0.717) is 0 Å². The normalized spacial score (nSPS) is 9.67. The summed E-state index contributed by atoms with van der Waals surface area (Å²) >= 11 is 0. The fraction of sp³-hybridized carbons (Fsp3) is 0. The largest absolute Gasteiger partial charge is 0.435 e. The Morgan fingerprint density at radius 1 is 1.50 bits per heavy atom. The van der Waals surface area contributed by atoms with Gasteiger partial charge in [-0.3, -0.25) is 4.55 Å². The molecule has 0 aliphatic rings. The lowest BCUT2D eigenvalue weighted by Crippen LogP contribution is -1.80. The van der Waals surface area contributed by atoms with Gasteiger partial charge in [0, 0.05) is 8.41 Å². The Labute approximate surface area is 36.8 Å².